The van der Waals surface area contributed by atoms with E-state index in [1.807, 2.05) is 25.9 Å². The summed E-state index contributed by atoms with van der Waals surface area (Å²) in [5, 5.41) is 0. The highest BCUT2D eigenvalue weighted by Gasteiger charge is 2.05. The Balaban J connectivity index is 0.000000921. The first-order valence-electron chi connectivity index (χ1n) is 4.81. The summed E-state index contributed by atoms with van der Waals surface area (Å²) in [5.41, 5.74) is 2.44. The van der Waals surface area contributed by atoms with E-state index < -0.39 is 0 Å². The predicted octanol–water partition coefficient (Wildman–Crippen LogP) is 2.84. The number of allylic oxidation sites excluding steroid dienone is 4. The molecule has 0 amide bonds. The lowest BCUT2D eigenvalue weighted by Gasteiger charge is -2.06. The largest absolute Gasteiger partial charge is 0.366 e. The van der Waals surface area contributed by atoms with Crippen molar-refractivity contribution in [2.24, 2.45) is 0 Å². The molecule has 0 aliphatic carbocycles. The Hall–Kier alpha value is -1.41. The molecule has 2 heteroatoms. The van der Waals surface area contributed by atoms with Crippen LogP contribution in [-0.4, -0.2) is 19.5 Å². The quantitative estimate of drug-likeness (QED) is 0.649. The van der Waals surface area contributed by atoms with Gasteiger partial charge in [-0.05, 0) is 31.1 Å². The molecule has 0 aromatic carbocycles. The third-order valence-electron chi connectivity index (χ3n) is 1.86. The Kier molecular flexibility index (Phi) is 7.20. The minimum atomic E-state index is 0.0416. The third kappa shape index (κ3) is 5.13. The van der Waals surface area contributed by atoms with Gasteiger partial charge in [0.1, 0.15) is 6.79 Å². The highest BCUT2D eigenvalue weighted by Crippen LogP contribution is 2.13. The Morgan fingerprint density at radius 2 is 2.20 bits per heavy atom. The van der Waals surface area contributed by atoms with Gasteiger partial charge in [0, 0.05) is 0 Å². The third-order valence-corrected chi connectivity index (χ3v) is 1.86. The zero-order chi connectivity index (χ0) is 11.7. The van der Waals surface area contributed by atoms with Crippen molar-refractivity contribution < 1.29 is 9.53 Å². The number of hydrogen-bond donors (Lipinski definition) is 0. The van der Waals surface area contributed by atoms with Crippen LogP contribution in [0.4, 0.5) is 0 Å². The average Bonchev–Trinajstić information content (AvgIpc) is 2.43. The van der Waals surface area contributed by atoms with Gasteiger partial charge in [0.05, 0.1) is 12.7 Å². The minimum Gasteiger partial charge on any atom is -0.366 e. The molecule has 0 aromatic heterocycles. The van der Waals surface area contributed by atoms with Crippen molar-refractivity contribution in [2.45, 2.75) is 20.0 Å². The summed E-state index contributed by atoms with van der Waals surface area (Å²) in [5.74, 6) is 0. The molecule has 0 N–H and O–H groups in total. The van der Waals surface area contributed by atoms with Gasteiger partial charge >= 0.3 is 0 Å². The lowest BCUT2D eigenvalue weighted by molar-refractivity contribution is -0.0979. The Bertz CT molecular complexity index is 285. The lowest BCUT2D eigenvalue weighted by atomic mass is 10.1. The SMILES string of the molecule is C=CC1C=C(/C=C\C)C=C(C)CO1.C=O. The zero-order valence-corrected chi connectivity index (χ0v) is 9.40. The second kappa shape index (κ2) is 7.94. The summed E-state index contributed by atoms with van der Waals surface area (Å²) in [7, 11) is 0. The summed E-state index contributed by atoms with van der Waals surface area (Å²) in [4.78, 5) is 8.00. The standard InChI is InChI=1S/C12H16O.CH2O/c1-4-6-11-7-10(3)9-13-12(5-2)8-11;1-2/h4-8,12H,2,9H2,1,3H3;1H2/b6-4-;. The topological polar surface area (TPSA) is 26.3 Å². The van der Waals surface area contributed by atoms with Gasteiger partial charge in [0.15, 0.2) is 0 Å². The van der Waals surface area contributed by atoms with Gasteiger partial charge in [-0.1, -0.05) is 24.3 Å². The minimum absolute atomic E-state index is 0.0416. The summed E-state index contributed by atoms with van der Waals surface area (Å²) in [6.45, 7) is 10.5. The van der Waals surface area contributed by atoms with Gasteiger partial charge in [0.2, 0.25) is 0 Å². The van der Waals surface area contributed by atoms with Gasteiger partial charge < -0.3 is 9.53 Å². The maximum atomic E-state index is 8.00. The molecule has 0 bridgehead atoms. The number of ether oxygens (including phenoxy) is 1. The molecule has 0 radical (unpaired) electrons. The Morgan fingerprint density at radius 1 is 1.53 bits per heavy atom. The van der Waals surface area contributed by atoms with Crippen LogP contribution < -0.4 is 0 Å². The first-order chi connectivity index (χ1) is 7.26. The molecule has 0 spiro atoms. The van der Waals surface area contributed by atoms with Crippen molar-refractivity contribution in [1.82, 2.24) is 0 Å². The van der Waals surface area contributed by atoms with Crippen LogP contribution in [0.5, 0.6) is 0 Å². The van der Waals surface area contributed by atoms with Gasteiger partial charge in [-0.25, -0.2) is 0 Å². The van der Waals surface area contributed by atoms with E-state index in [1.54, 1.807) is 0 Å². The highest BCUT2D eigenvalue weighted by molar-refractivity contribution is 5.35. The highest BCUT2D eigenvalue weighted by atomic mass is 16.5. The molecule has 1 rings (SSSR count). The summed E-state index contributed by atoms with van der Waals surface area (Å²) in [6, 6.07) is 0. The molecule has 0 fully saturated rings. The van der Waals surface area contributed by atoms with Crippen molar-refractivity contribution in [3.05, 3.63) is 48.1 Å². The van der Waals surface area contributed by atoms with Gasteiger partial charge in [0.25, 0.3) is 0 Å². The lowest BCUT2D eigenvalue weighted by Crippen LogP contribution is -2.06. The fourth-order valence-corrected chi connectivity index (χ4v) is 1.27. The zero-order valence-electron chi connectivity index (χ0n) is 9.40. The number of rotatable bonds is 2. The van der Waals surface area contributed by atoms with E-state index in [9.17, 15) is 0 Å². The van der Waals surface area contributed by atoms with Crippen molar-refractivity contribution in [3.63, 3.8) is 0 Å². The molecular weight excluding hydrogens is 188 g/mol. The van der Waals surface area contributed by atoms with E-state index in [0.717, 1.165) is 0 Å². The second-order valence-electron chi connectivity index (χ2n) is 3.17. The van der Waals surface area contributed by atoms with E-state index in [2.05, 4.69) is 31.7 Å². The van der Waals surface area contributed by atoms with Crippen molar-refractivity contribution >= 4 is 6.79 Å². The monoisotopic (exact) mass is 206 g/mol. The van der Waals surface area contributed by atoms with E-state index in [1.165, 1.54) is 11.1 Å². The molecule has 1 aliphatic heterocycles. The van der Waals surface area contributed by atoms with E-state index in [-0.39, 0.29) is 6.10 Å². The fourth-order valence-electron chi connectivity index (χ4n) is 1.27. The Morgan fingerprint density at radius 3 is 2.73 bits per heavy atom. The average molecular weight is 206 g/mol. The molecule has 1 atom stereocenters. The summed E-state index contributed by atoms with van der Waals surface area (Å²) >= 11 is 0. The maximum absolute atomic E-state index is 8.00. The normalized spacial score (nSPS) is 20.8. The molecule has 82 valence electrons. The number of hydrogen-bond acceptors (Lipinski definition) is 2. The molecule has 1 aliphatic rings. The van der Waals surface area contributed by atoms with Crippen LogP contribution in [0.15, 0.2) is 48.1 Å². The molecule has 1 heterocycles. The second-order valence-corrected chi connectivity index (χ2v) is 3.17. The molecule has 1 unspecified atom stereocenters. The van der Waals surface area contributed by atoms with Crippen molar-refractivity contribution in [3.8, 4) is 0 Å². The summed E-state index contributed by atoms with van der Waals surface area (Å²) < 4.78 is 5.54. The fraction of sp³-hybridized carbons (Fsp3) is 0.308. The smallest absolute Gasteiger partial charge is 0.106 e. The van der Waals surface area contributed by atoms with Crippen molar-refractivity contribution in [1.29, 1.82) is 0 Å². The molecule has 0 aromatic rings. The van der Waals surface area contributed by atoms with Crippen LogP contribution >= 0.6 is 0 Å². The molecular formula is C13H18O2. The van der Waals surface area contributed by atoms with Crippen LogP contribution in [0.1, 0.15) is 13.8 Å². The van der Waals surface area contributed by atoms with Crippen LogP contribution in [0.25, 0.3) is 0 Å². The van der Waals surface area contributed by atoms with E-state index in [4.69, 9.17) is 9.53 Å². The van der Waals surface area contributed by atoms with Crippen LogP contribution in [0, 0.1) is 0 Å². The number of carbonyl (C=O) groups is 1. The number of carbonyl (C=O) groups excluding carboxylic acids is 1. The first-order valence-corrected chi connectivity index (χ1v) is 4.81. The van der Waals surface area contributed by atoms with Crippen molar-refractivity contribution in [2.75, 3.05) is 6.61 Å². The van der Waals surface area contributed by atoms with Gasteiger partial charge in [-0.3, -0.25) is 0 Å². The van der Waals surface area contributed by atoms with E-state index in [0.29, 0.717) is 6.61 Å². The Labute approximate surface area is 91.6 Å². The van der Waals surface area contributed by atoms with Gasteiger partial charge in [-0.2, -0.15) is 0 Å². The molecule has 0 saturated carbocycles. The molecule has 2 nitrogen and oxygen atoms in total. The van der Waals surface area contributed by atoms with E-state index >= 15 is 0 Å². The first kappa shape index (κ1) is 13.6. The predicted molar refractivity (Wildman–Crippen MR) is 63.7 cm³/mol. The van der Waals surface area contributed by atoms with Crippen LogP contribution in [0.2, 0.25) is 0 Å². The molecule has 0 saturated heterocycles. The molecule has 15 heavy (non-hydrogen) atoms. The maximum Gasteiger partial charge on any atom is 0.106 e. The summed E-state index contributed by atoms with van der Waals surface area (Å²) in [6.07, 6.45) is 10.2. The van der Waals surface area contributed by atoms with Crippen LogP contribution in [-0.2, 0) is 9.53 Å². The van der Waals surface area contributed by atoms with Gasteiger partial charge in [-0.15, -0.1) is 6.58 Å². The van der Waals surface area contributed by atoms with Crippen LogP contribution in [0.3, 0.4) is 0 Å².